The van der Waals surface area contributed by atoms with Crippen LogP contribution in [0.5, 0.6) is 0 Å². The molecule has 0 spiro atoms. The molecule has 0 saturated carbocycles. The predicted octanol–water partition coefficient (Wildman–Crippen LogP) is 9.54. The van der Waals surface area contributed by atoms with Crippen molar-refractivity contribution < 1.29 is 0 Å². The molecule has 4 aromatic carbocycles. The summed E-state index contributed by atoms with van der Waals surface area (Å²) in [5, 5.41) is 2.62. The Kier molecular flexibility index (Phi) is 5.92. The van der Waals surface area contributed by atoms with Gasteiger partial charge in [-0.3, -0.25) is 0 Å². The number of aromatic nitrogens is 1. The van der Waals surface area contributed by atoms with Gasteiger partial charge in [0.05, 0.1) is 0 Å². The zero-order valence-electron chi connectivity index (χ0n) is 23.7. The molecule has 38 heavy (non-hydrogen) atoms. The number of fused-ring (bicyclic) bond motifs is 4. The molecule has 1 aromatic heterocycles. The zero-order chi connectivity index (χ0) is 26.8. The van der Waals surface area contributed by atoms with Gasteiger partial charge in [-0.2, -0.15) is 0 Å². The number of rotatable bonds is 4. The van der Waals surface area contributed by atoms with Gasteiger partial charge < -0.3 is 0 Å². The van der Waals surface area contributed by atoms with Crippen molar-refractivity contribution >= 4 is 28.4 Å². The molecule has 0 unspecified atom stereocenters. The molecule has 0 amide bonds. The van der Waals surface area contributed by atoms with E-state index in [0.29, 0.717) is 5.92 Å². The van der Waals surface area contributed by atoms with Gasteiger partial charge in [0.1, 0.15) is 0 Å². The summed E-state index contributed by atoms with van der Waals surface area (Å²) in [5.74, 6) is 7.80. The van der Waals surface area contributed by atoms with Crippen molar-refractivity contribution in [1.82, 2.24) is 4.98 Å². The zero-order valence-corrected chi connectivity index (χ0v) is 25.8. The predicted molar refractivity (Wildman–Crippen MR) is 167 cm³/mol. The molecule has 1 aliphatic carbocycles. The first-order chi connectivity index (χ1) is 18.1. The van der Waals surface area contributed by atoms with Crippen LogP contribution in [0.15, 0.2) is 91.1 Å². The van der Waals surface area contributed by atoms with E-state index in [1.807, 2.05) is 6.20 Å². The van der Waals surface area contributed by atoms with Crippen molar-refractivity contribution in [3.8, 4) is 33.5 Å². The van der Waals surface area contributed by atoms with Crippen LogP contribution < -0.4 is 4.40 Å². The Morgan fingerprint density at radius 3 is 2.13 bits per heavy atom. The fourth-order valence-electron chi connectivity index (χ4n) is 6.27. The summed E-state index contributed by atoms with van der Waals surface area (Å²) in [4.78, 5) is 5.02. The van der Waals surface area contributed by atoms with Crippen molar-refractivity contribution in [3.63, 3.8) is 0 Å². The van der Waals surface area contributed by atoms with Gasteiger partial charge in [0.15, 0.2) is 0 Å². The molecule has 0 saturated heterocycles. The number of benzene rings is 4. The molecular formula is C36H37GeN. The Bertz CT molecular complexity index is 1680. The maximum atomic E-state index is 5.02. The summed E-state index contributed by atoms with van der Waals surface area (Å²) in [6.07, 6.45) is 1.99. The van der Waals surface area contributed by atoms with Crippen LogP contribution in [-0.4, -0.2) is 18.3 Å². The molecule has 6 rings (SSSR count). The van der Waals surface area contributed by atoms with E-state index in [9.17, 15) is 0 Å². The average Bonchev–Trinajstić information content (AvgIpc) is 3.14. The van der Waals surface area contributed by atoms with Gasteiger partial charge in [0, 0.05) is 0 Å². The van der Waals surface area contributed by atoms with Crippen LogP contribution in [-0.2, 0) is 5.41 Å². The van der Waals surface area contributed by atoms with Crippen LogP contribution in [0.1, 0.15) is 50.3 Å². The van der Waals surface area contributed by atoms with Gasteiger partial charge in [-0.1, -0.05) is 38.1 Å². The third-order valence-corrected chi connectivity index (χ3v) is 12.8. The Hall–Kier alpha value is -3.17. The molecule has 0 radical (unpaired) electrons. The van der Waals surface area contributed by atoms with Crippen LogP contribution in [0.3, 0.4) is 0 Å². The molecule has 1 aliphatic rings. The van der Waals surface area contributed by atoms with E-state index in [4.69, 9.17) is 4.98 Å². The molecule has 0 aliphatic heterocycles. The molecule has 190 valence electrons. The van der Waals surface area contributed by atoms with Gasteiger partial charge in [0.25, 0.3) is 0 Å². The van der Waals surface area contributed by atoms with Crippen molar-refractivity contribution in [3.05, 3.63) is 108 Å². The van der Waals surface area contributed by atoms with Crippen molar-refractivity contribution in [2.24, 2.45) is 0 Å². The molecule has 0 N–H and O–H groups in total. The fourth-order valence-corrected chi connectivity index (χ4v) is 8.71. The van der Waals surface area contributed by atoms with Gasteiger partial charge >= 0.3 is 171 Å². The van der Waals surface area contributed by atoms with Crippen LogP contribution in [0.4, 0.5) is 0 Å². The number of nitrogens with zero attached hydrogens (tertiary/aromatic N) is 1. The normalized spacial score (nSPS) is 14.1. The molecular weight excluding hydrogens is 519 g/mol. The van der Waals surface area contributed by atoms with Gasteiger partial charge in [0.2, 0.25) is 0 Å². The Morgan fingerprint density at radius 2 is 1.42 bits per heavy atom. The van der Waals surface area contributed by atoms with Gasteiger partial charge in [-0.15, -0.1) is 0 Å². The number of hydrogen-bond acceptors (Lipinski definition) is 1. The molecule has 5 aromatic rings. The molecule has 1 nitrogen and oxygen atoms in total. The second-order valence-electron chi connectivity index (χ2n) is 12.7. The van der Waals surface area contributed by atoms with Crippen molar-refractivity contribution in [1.29, 1.82) is 0 Å². The monoisotopic (exact) mass is 557 g/mol. The van der Waals surface area contributed by atoms with Gasteiger partial charge in [-0.05, 0) is 22.3 Å². The van der Waals surface area contributed by atoms with Crippen LogP contribution in [0, 0.1) is 0 Å². The first-order valence-electron chi connectivity index (χ1n) is 13.8. The summed E-state index contributed by atoms with van der Waals surface area (Å²) in [6.45, 7) is 9.31. The second kappa shape index (κ2) is 8.95. The first kappa shape index (κ1) is 25.1. The molecule has 1 heterocycles. The average molecular weight is 556 g/mol. The minimum atomic E-state index is -1.83. The Balaban J connectivity index is 1.49. The van der Waals surface area contributed by atoms with E-state index in [1.54, 1.807) is 4.40 Å². The fraction of sp³-hybridized carbons (Fsp3) is 0.250. The smallest absolute Gasteiger partial charge is 0.0616 e. The second-order valence-corrected chi connectivity index (χ2v) is 23.4. The van der Waals surface area contributed by atoms with E-state index in [1.165, 1.54) is 55.3 Å². The van der Waals surface area contributed by atoms with E-state index in [2.05, 4.69) is 130 Å². The molecule has 0 fully saturated rings. The van der Waals surface area contributed by atoms with E-state index >= 15 is 0 Å². The summed E-state index contributed by atoms with van der Waals surface area (Å²) in [6, 6.07) is 32.1. The minimum absolute atomic E-state index is 0.144. The van der Waals surface area contributed by atoms with E-state index < -0.39 is 13.3 Å². The third-order valence-electron chi connectivity index (χ3n) is 8.43. The number of hydrogen-bond donors (Lipinski definition) is 0. The molecule has 0 atom stereocenters. The van der Waals surface area contributed by atoms with Crippen molar-refractivity contribution in [2.45, 2.75) is 56.3 Å². The molecule has 2 heteroatoms. The van der Waals surface area contributed by atoms with Crippen LogP contribution in [0.25, 0.3) is 44.3 Å². The minimum Gasteiger partial charge on any atom is -0.0616 e. The molecule has 0 bridgehead atoms. The Morgan fingerprint density at radius 1 is 0.711 bits per heavy atom. The van der Waals surface area contributed by atoms with Crippen LogP contribution >= 0.6 is 0 Å². The third kappa shape index (κ3) is 4.03. The summed E-state index contributed by atoms with van der Waals surface area (Å²) in [7, 11) is 0. The van der Waals surface area contributed by atoms with Crippen LogP contribution in [0.2, 0.25) is 17.3 Å². The number of pyridine rings is 1. The maximum absolute atomic E-state index is 5.02. The van der Waals surface area contributed by atoms with Crippen molar-refractivity contribution in [2.75, 3.05) is 0 Å². The summed E-state index contributed by atoms with van der Waals surface area (Å²) >= 11 is -1.83. The van der Waals surface area contributed by atoms with E-state index in [-0.39, 0.29) is 5.41 Å². The summed E-state index contributed by atoms with van der Waals surface area (Å²) in [5.41, 5.74) is 11.5. The quantitative estimate of drug-likeness (QED) is 0.201. The van der Waals surface area contributed by atoms with Gasteiger partial charge in [-0.25, -0.2) is 0 Å². The SMILES string of the molecule is CC(C)c1cc(-c2nccc3c2C(C)(C)c2cc(-c4cc[c]([Ge]([CH3])([CH3])[CH3])cc4)ccc2-3)cc2ccccc12. The summed E-state index contributed by atoms with van der Waals surface area (Å²) < 4.78 is 1.55. The topological polar surface area (TPSA) is 12.9 Å². The standard InChI is InChI=1S/C36H37GeN/c1-23(2)32-21-27(20-26-10-8-9-11-29(26)32)35-34-31(18-19-38-35)30-17-14-25(22-33(30)36(34,3)4)24-12-15-28(16-13-24)37(5,6)7/h8-23H,1-7H3. The van der Waals surface area contributed by atoms with E-state index in [0.717, 1.165) is 5.69 Å². The Labute approximate surface area is 230 Å². The first-order valence-corrected chi connectivity index (χ1v) is 21.2.